The van der Waals surface area contributed by atoms with Crippen LogP contribution in [0.15, 0.2) is 48.5 Å². The molecule has 0 unspecified atom stereocenters. The number of nitrogens with zero attached hydrogens (tertiary/aromatic N) is 3. The Hall–Kier alpha value is -2.55. The number of hydrogen-bond donors (Lipinski definition) is 0. The van der Waals surface area contributed by atoms with Gasteiger partial charge in [-0.05, 0) is 0 Å². The third-order valence-electron chi connectivity index (χ3n) is 6.87. The van der Waals surface area contributed by atoms with Crippen molar-refractivity contribution in [1.29, 1.82) is 0 Å². The van der Waals surface area contributed by atoms with Gasteiger partial charge in [0.1, 0.15) is 0 Å². The monoisotopic (exact) mass is 685 g/mol. The Labute approximate surface area is 236 Å². The van der Waals surface area contributed by atoms with Crippen LogP contribution >= 0.6 is 20.1 Å². The second kappa shape index (κ2) is 12.5. The molecule has 2 aromatic carbocycles. The Morgan fingerprint density at radius 2 is 1.57 bits per heavy atom. The molecular weight excluding hydrogens is 655 g/mol. The van der Waals surface area contributed by atoms with Crippen molar-refractivity contribution in [2.75, 3.05) is 39.8 Å². The molecule has 2 fully saturated rings. The molecule has 0 bridgehead atoms. The Balaban J connectivity index is 1.48. The van der Waals surface area contributed by atoms with E-state index in [1.807, 2.05) is 30.3 Å². The number of carbonyl (C=O) groups excluding carboxylic acids is 2. The van der Waals surface area contributed by atoms with Gasteiger partial charge in [-0.15, -0.1) is 0 Å². The van der Waals surface area contributed by atoms with Crippen LogP contribution < -0.4 is 0 Å². The third kappa shape index (κ3) is 7.39. The molecule has 2 aliphatic rings. The summed E-state index contributed by atoms with van der Waals surface area (Å²) < 4.78 is 87.7. The molecule has 2 amide bonds. The first-order valence-corrected chi connectivity index (χ1v) is 15.9. The van der Waals surface area contributed by atoms with Crippen molar-refractivity contribution in [3.63, 3.8) is 0 Å². The zero-order valence-corrected chi connectivity index (χ0v) is 23.9. The first-order chi connectivity index (χ1) is 18.8. The Kier molecular flexibility index (Phi) is 9.53. The first kappa shape index (κ1) is 30.4. The number of alkyl halides is 6. The summed E-state index contributed by atoms with van der Waals surface area (Å²) in [6, 6.07) is 10.8. The van der Waals surface area contributed by atoms with E-state index in [0.717, 1.165) is 9.99 Å². The Morgan fingerprint density at radius 1 is 0.975 bits per heavy atom. The number of amides is 2. The van der Waals surface area contributed by atoms with Crippen LogP contribution in [0.4, 0.5) is 35.9 Å². The van der Waals surface area contributed by atoms with Crippen molar-refractivity contribution in [1.82, 2.24) is 12.9 Å². The summed E-state index contributed by atoms with van der Waals surface area (Å²) in [5, 5.41) is 0. The van der Waals surface area contributed by atoms with Crippen LogP contribution in [0.2, 0.25) is 0 Å². The Bertz CT molecular complexity index is 1150. The molecule has 2 aliphatic heterocycles. The molecule has 0 N–H and O–H groups in total. The van der Waals surface area contributed by atoms with Gasteiger partial charge in [0.05, 0.1) is 0 Å². The number of hydrogen-bond acceptors (Lipinski definition) is 4. The van der Waals surface area contributed by atoms with E-state index in [2.05, 4.69) is 3.11 Å². The number of halogens is 7. The van der Waals surface area contributed by atoms with Crippen molar-refractivity contribution in [2.24, 2.45) is 0 Å². The van der Waals surface area contributed by atoms with Crippen molar-refractivity contribution in [3.05, 3.63) is 68.8 Å². The van der Waals surface area contributed by atoms with Gasteiger partial charge < -0.3 is 0 Å². The van der Waals surface area contributed by atoms with Crippen LogP contribution in [0.3, 0.4) is 0 Å². The minimum atomic E-state index is -4.93. The summed E-state index contributed by atoms with van der Waals surface area (Å²) in [6.07, 6.45) is -8.21. The topological polar surface area (TPSA) is 53.1 Å². The molecule has 0 saturated carbocycles. The Morgan fingerprint density at radius 3 is 2.12 bits per heavy atom. The summed E-state index contributed by atoms with van der Waals surface area (Å²) >= 11 is -2.72. The van der Waals surface area contributed by atoms with Crippen LogP contribution in [0, 0.1) is 3.57 Å². The molecule has 0 aliphatic carbocycles. The number of piperidine rings is 1. The summed E-state index contributed by atoms with van der Waals surface area (Å²) in [7, 11) is 1.53. The number of ether oxygens (including phenoxy) is 1. The average Bonchev–Trinajstić information content (AvgIpc) is 2.92. The van der Waals surface area contributed by atoms with E-state index in [0.29, 0.717) is 51.2 Å². The van der Waals surface area contributed by atoms with E-state index in [1.165, 1.54) is 11.9 Å². The predicted molar refractivity (Wildman–Crippen MR) is 145 cm³/mol. The second-order valence-corrected chi connectivity index (χ2v) is 14.7. The third-order valence-corrected chi connectivity index (χ3v) is 12.8. The van der Waals surface area contributed by atoms with E-state index in [1.54, 1.807) is 4.90 Å². The molecule has 2 heterocycles. The normalized spacial score (nSPS) is 17.9. The fraction of sp³-hybridized carbons (Fsp3) is 0.481. The van der Waals surface area contributed by atoms with E-state index < -0.39 is 43.6 Å². The average molecular weight is 685 g/mol. The maximum absolute atomic E-state index is 13.8. The van der Waals surface area contributed by atoms with Crippen molar-refractivity contribution < 1.29 is 40.7 Å². The maximum atomic E-state index is 13.8. The van der Waals surface area contributed by atoms with E-state index >= 15 is 0 Å². The zero-order chi connectivity index (χ0) is 29.1. The van der Waals surface area contributed by atoms with Gasteiger partial charge >= 0.3 is 236 Å². The van der Waals surface area contributed by atoms with Crippen LogP contribution in [0.5, 0.6) is 0 Å². The molecule has 40 heavy (non-hydrogen) atoms. The predicted octanol–water partition coefficient (Wildman–Crippen LogP) is 6.92. The summed E-state index contributed by atoms with van der Waals surface area (Å²) in [5.41, 5.74) is -2.88. The number of likely N-dealkylation sites (N-methyl/N-ethyl adjacent to an activating group) is 1. The van der Waals surface area contributed by atoms with Crippen molar-refractivity contribution >= 4 is 30.1 Å². The molecule has 2 saturated heterocycles. The number of cyclic esters (lactones) is 1. The van der Waals surface area contributed by atoms with Gasteiger partial charge in [0.25, 0.3) is 0 Å². The molecule has 2 aromatic rings. The molecule has 0 spiro atoms. The molecule has 13 heteroatoms. The standard InChI is InChI=1S/C27H30F6IN3O3/c1-35(12-8-19-16-20(26(28,29)30)18-21(17-19)27(31,32)33)24(38)34(22-6-3-2-4-7-22)36-13-9-23(10-14-36)37-11-5-15-40-25(37)39/h2-4,6-7,16-18,23H,5,8-15H2,1H3. The quantitative estimate of drug-likeness (QED) is 0.105. The van der Waals surface area contributed by atoms with Gasteiger partial charge in [-0.3, -0.25) is 0 Å². The van der Waals surface area contributed by atoms with Crippen LogP contribution in [-0.4, -0.2) is 68.8 Å². The van der Waals surface area contributed by atoms with Crippen LogP contribution in [-0.2, 0) is 23.5 Å². The molecular formula is C27H30F6IN3O3. The molecule has 4 rings (SSSR count). The fourth-order valence-corrected chi connectivity index (χ4v) is 10.3. The molecule has 6 nitrogen and oxygen atoms in total. The van der Waals surface area contributed by atoms with Crippen molar-refractivity contribution in [2.45, 2.75) is 44.1 Å². The van der Waals surface area contributed by atoms with Gasteiger partial charge in [-0.25, -0.2) is 0 Å². The molecule has 220 valence electrons. The SMILES string of the molecule is CN(CCc1cc(C(F)(F)F)cc(C(F)(F)F)c1)C(=O)I(c1ccccc1)N1CCC(N2CCCOC2=O)CC1. The molecule has 0 atom stereocenters. The number of benzene rings is 2. The van der Waals surface area contributed by atoms with Gasteiger partial charge in [0.15, 0.2) is 0 Å². The second-order valence-electron chi connectivity index (χ2n) is 9.70. The summed E-state index contributed by atoms with van der Waals surface area (Å²) in [6.45, 7) is 2.20. The van der Waals surface area contributed by atoms with Gasteiger partial charge in [-0.2, -0.15) is 0 Å². The minimum absolute atomic E-state index is 0.0223. The van der Waals surface area contributed by atoms with E-state index in [9.17, 15) is 35.9 Å². The summed E-state index contributed by atoms with van der Waals surface area (Å²) in [5.74, 6) is 0. The van der Waals surface area contributed by atoms with Gasteiger partial charge in [-0.1, -0.05) is 0 Å². The summed E-state index contributed by atoms with van der Waals surface area (Å²) in [4.78, 5) is 29.1. The number of rotatable bonds is 7. The molecule has 0 aromatic heterocycles. The van der Waals surface area contributed by atoms with E-state index in [4.69, 9.17) is 4.74 Å². The van der Waals surface area contributed by atoms with Crippen molar-refractivity contribution in [3.8, 4) is 0 Å². The van der Waals surface area contributed by atoms with Crippen LogP contribution in [0.1, 0.15) is 36.0 Å². The molecule has 0 radical (unpaired) electrons. The first-order valence-electron chi connectivity index (χ1n) is 12.8. The number of carbonyl (C=O) groups is 2. The fourth-order valence-electron chi connectivity index (χ4n) is 4.77. The zero-order valence-electron chi connectivity index (χ0n) is 21.8. The van der Waals surface area contributed by atoms with Gasteiger partial charge in [0.2, 0.25) is 0 Å². The van der Waals surface area contributed by atoms with Crippen LogP contribution in [0.25, 0.3) is 0 Å². The van der Waals surface area contributed by atoms with E-state index in [-0.39, 0.29) is 40.6 Å². The van der Waals surface area contributed by atoms with Gasteiger partial charge in [0, 0.05) is 0 Å².